The molecule has 0 bridgehead atoms. The van der Waals surface area contributed by atoms with Crippen molar-refractivity contribution in [2.45, 2.75) is 25.3 Å². The van der Waals surface area contributed by atoms with Gasteiger partial charge in [-0.05, 0) is 66.0 Å². The van der Waals surface area contributed by atoms with E-state index in [1.54, 1.807) is 35.6 Å². The first kappa shape index (κ1) is 15.7. The van der Waals surface area contributed by atoms with Crippen LogP contribution < -0.4 is 5.32 Å². The molecular weight excluding hydrogens is 306 g/mol. The highest BCUT2D eigenvalue weighted by Gasteiger charge is 2.26. The van der Waals surface area contributed by atoms with Crippen LogP contribution in [0.1, 0.15) is 36.4 Å². The lowest BCUT2D eigenvalue weighted by atomic mass is 10.1. The van der Waals surface area contributed by atoms with Crippen molar-refractivity contribution in [1.82, 2.24) is 4.90 Å². The standard InChI is InChI=1S/C18H19N3OS/c19-12-14-3-5-16(6-4-14)20-18(22)7-10-21-9-1-2-17(21)15-8-11-23-13-15/h3-6,8,11,13,17H,1-2,7,9-10H2,(H,20,22)/t17-/m0/s1. The van der Waals surface area contributed by atoms with E-state index in [-0.39, 0.29) is 5.91 Å². The van der Waals surface area contributed by atoms with Crippen LogP contribution in [-0.4, -0.2) is 23.9 Å². The quantitative estimate of drug-likeness (QED) is 0.910. The molecule has 5 heteroatoms. The number of amides is 1. The third-order valence-corrected chi connectivity index (χ3v) is 4.92. The number of nitrogens with one attached hydrogen (secondary N) is 1. The zero-order chi connectivity index (χ0) is 16.1. The number of likely N-dealkylation sites (tertiary alicyclic amines) is 1. The predicted molar refractivity (Wildman–Crippen MR) is 92.3 cm³/mol. The first-order valence-electron chi connectivity index (χ1n) is 7.82. The lowest BCUT2D eigenvalue weighted by molar-refractivity contribution is -0.116. The smallest absolute Gasteiger partial charge is 0.225 e. The Labute approximate surface area is 140 Å². The van der Waals surface area contributed by atoms with Gasteiger partial charge in [0.2, 0.25) is 5.91 Å². The van der Waals surface area contributed by atoms with Crippen LogP contribution in [0.5, 0.6) is 0 Å². The number of benzene rings is 1. The maximum Gasteiger partial charge on any atom is 0.225 e. The molecule has 1 aliphatic rings. The van der Waals surface area contributed by atoms with E-state index in [0.717, 1.165) is 18.8 Å². The Balaban J connectivity index is 1.51. The zero-order valence-corrected chi connectivity index (χ0v) is 13.7. The van der Waals surface area contributed by atoms with E-state index in [2.05, 4.69) is 33.1 Å². The molecule has 2 aromatic rings. The molecule has 0 radical (unpaired) electrons. The molecular formula is C18H19N3OS. The molecule has 4 nitrogen and oxygen atoms in total. The number of thiophene rings is 1. The highest BCUT2D eigenvalue weighted by Crippen LogP contribution is 2.32. The molecule has 1 aliphatic heterocycles. The number of rotatable bonds is 5. The summed E-state index contributed by atoms with van der Waals surface area (Å²) >= 11 is 1.73. The summed E-state index contributed by atoms with van der Waals surface area (Å²) in [6.45, 7) is 1.84. The summed E-state index contributed by atoms with van der Waals surface area (Å²) in [7, 11) is 0. The molecule has 0 saturated carbocycles. The summed E-state index contributed by atoms with van der Waals surface area (Å²) in [6.07, 6.45) is 2.85. The fraction of sp³-hybridized carbons (Fsp3) is 0.333. The van der Waals surface area contributed by atoms with Crippen LogP contribution in [0.25, 0.3) is 0 Å². The molecule has 0 spiro atoms. The van der Waals surface area contributed by atoms with Crippen LogP contribution >= 0.6 is 11.3 Å². The molecule has 1 aromatic carbocycles. The topological polar surface area (TPSA) is 56.1 Å². The molecule has 1 N–H and O–H groups in total. The monoisotopic (exact) mass is 325 g/mol. The highest BCUT2D eigenvalue weighted by molar-refractivity contribution is 7.07. The van der Waals surface area contributed by atoms with Gasteiger partial charge in [-0.3, -0.25) is 9.69 Å². The Morgan fingerprint density at radius 2 is 2.17 bits per heavy atom. The largest absolute Gasteiger partial charge is 0.326 e. The summed E-state index contributed by atoms with van der Waals surface area (Å²) in [5.41, 5.74) is 2.71. The van der Waals surface area contributed by atoms with Gasteiger partial charge in [0, 0.05) is 24.7 Å². The number of carbonyl (C=O) groups excluding carboxylic acids is 1. The average molecular weight is 325 g/mol. The van der Waals surface area contributed by atoms with E-state index in [1.807, 2.05) is 0 Å². The SMILES string of the molecule is N#Cc1ccc(NC(=O)CCN2CCC[C@H]2c2ccsc2)cc1. The van der Waals surface area contributed by atoms with Crippen LogP contribution in [0.15, 0.2) is 41.1 Å². The van der Waals surface area contributed by atoms with Crippen molar-refractivity contribution in [2.24, 2.45) is 0 Å². The zero-order valence-electron chi connectivity index (χ0n) is 12.9. The number of hydrogen-bond acceptors (Lipinski definition) is 4. The van der Waals surface area contributed by atoms with Crippen LogP contribution in [0.2, 0.25) is 0 Å². The minimum atomic E-state index is 0.0191. The van der Waals surface area contributed by atoms with E-state index >= 15 is 0 Å². The van der Waals surface area contributed by atoms with Crippen molar-refractivity contribution in [3.8, 4) is 6.07 Å². The molecule has 3 rings (SSSR count). The van der Waals surface area contributed by atoms with Gasteiger partial charge in [0.25, 0.3) is 0 Å². The Hall–Kier alpha value is -2.16. The van der Waals surface area contributed by atoms with Crippen molar-refractivity contribution < 1.29 is 4.79 Å². The summed E-state index contributed by atoms with van der Waals surface area (Å²) in [5.74, 6) is 0.0191. The van der Waals surface area contributed by atoms with Gasteiger partial charge in [-0.2, -0.15) is 16.6 Å². The van der Waals surface area contributed by atoms with Crippen molar-refractivity contribution in [3.63, 3.8) is 0 Å². The first-order chi connectivity index (χ1) is 11.3. The molecule has 0 unspecified atom stereocenters. The summed E-state index contributed by atoms with van der Waals surface area (Å²) < 4.78 is 0. The summed E-state index contributed by atoms with van der Waals surface area (Å²) in [6, 6.07) is 11.7. The molecule has 0 aliphatic carbocycles. The van der Waals surface area contributed by atoms with Crippen LogP contribution in [0.3, 0.4) is 0 Å². The van der Waals surface area contributed by atoms with E-state index in [4.69, 9.17) is 5.26 Å². The molecule has 1 fully saturated rings. The Morgan fingerprint density at radius 3 is 2.87 bits per heavy atom. The lowest BCUT2D eigenvalue weighted by Gasteiger charge is -2.23. The number of hydrogen-bond donors (Lipinski definition) is 1. The minimum Gasteiger partial charge on any atom is -0.326 e. The van der Waals surface area contributed by atoms with Crippen molar-refractivity contribution >= 4 is 22.9 Å². The second-order valence-electron chi connectivity index (χ2n) is 5.74. The van der Waals surface area contributed by atoms with Gasteiger partial charge in [-0.1, -0.05) is 0 Å². The first-order valence-corrected chi connectivity index (χ1v) is 8.77. The van der Waals surface area contributed by atoms with E-state index in [9.17, 15) is 4.79 Å². The van der Waals surface area contributed by atoms with Gasteiger partial charge in [0.05, 0.1) is 11.6 Å². The third-order valence-electron chi connectivity index (χ3n) is 4.22. The van der Waals surface area contributed by atoms with Crippen LogP contribution in [0, 0.1) is 11.3 Å². The molecule has 1 amide bonds. The maximum absolute atomic E-state index is 12.1. The molecule has 1 atom stereocenters. The van der Waals surface area contributed by atoms with E-state index in [1.165, 1.54) is 18.4 Å². The van der Waals surface area contributed by atoms with Crippen molar-refractivity contribution in [3.05, 3.63) is 52.2 Å². The minimum absolute atomic E-state index is 0.0191. The molecule has 1 saturated heterocycles. The van der Waals surface area contributed by atoms with E-state index in [0.29, 0.717) is 18.0 Å². The Morgan fingerprint density at radius 1 is 1.35 bits per heavy atom. The van der Waals surface area contributed by atoms with Gasteiger partial charge >= 0.3 is 0 Å². The van der Waals surface area contributed by atoms with Crippen LogP contribution in [-0.2, 0) is 4.79 Å². The normalized spacial score (nSPS) is 17.8. The van der Waals surface area contributed by atoms with Gasteiger partial charge < -0.3 is 5.32 Å². The summed E-state index contributed by atoms with van der Waals surface area (Å²) in [4.78, 5) is 14.5. The number of anilines is 1. The molecule has 2 heterocycles. The molecule has 1 aromatic heterocycles. The van der Waals surface area contributed by atoms with Gasteiger partial charge in [0.15, 0.2) is 0 Å². The summed E-state index contributed by atoms with van der Waals surface area (Å²) in [5, 5.41) is 16.0. The van der Waals surface area contributed by atoms with Crippen LogP contribution in [0.4, 0.5) is 5.69 Å². The second kappa shape index (κ2) is 7.40. The Kier molecular flexibility index (Phi) is 5.06. The van der Waals surface area contributed by atoms with Gasteiger partial charge in [-0.25, -0.2) is 0 Å². The fourth-order valence-electron chi connectivity index (χ4n) is 3.03. The van der Waals surface area contributed by atoms with Gasteiger partial charge in [0.1, 0.15) is 0 Å². The predicted octanol–water partition coefficient (Wildman–Crippen LogP) is 3.79. The third kappa shape index (κ3) is 3.98. The van der Waals surface area contributed by atoms with Crippen molar-refractivity contribution in [1.29, 1.82) is 5.26 Å². The maximum atomic E-state index is 12.1. The second-order valence-corrected chi connectivity index (χ2v) is 6.52. The molecule has 118 valence electrons. The average Bonchev–Trinajstić information content (AvgIpc) is 3.24. The Bertz CT molecular complexity index is 688. The number of nitriles is 1. The van der Waals surface area contributed by atoms with Crippen molar-refractivity contribution in [2.75, 3.05) is 18.4 Å². The molecule has 23 heavy (non-hydrogen) atoms. The van der Waals surface area contributed by atoms with E-state index < -0.39 is 0 Å². The highest BCUT2D eigenvalue weighted by atomic mass is 32.1. The number of carbonyl (C=O) groups is 1. The fourth-order valence-corrected chi connectivity index (χ4v) is 3.74. The number of nitrogens with zero attached hydrogens (tertiary/aromatic N) is 2. The van der Waals surface area contributed by atoms with Gasteiger partial charge in [-0.15, -0.1) is 0 Å². The lowest BCUT2D eigenvalue weighted by Crippen LogP contribution is -2.27.